The SMILES string of the molecule is COc1cccc(CNC(=O)C2(N)CC2)c1OC. The van der Waals surface area contributed by atoms with E-state index in [4.69, 9.17) is 15.2 Å². The van der Waals surface area contributed by atoms with E-state index in [0.717, 1.165) is 18.4 Å². The van der Waals surface area contributed by atoms with Crippen molar-refractivity contribution >= 4 is 5.91 Å². The number of rotatable bonds is 5. The van der Waals surface area contributed by atoms with Crippen molar-refractivity contribution in [3.05, 3.63) is 23.8 Å². The third-order valence-corrected chi connectivity index (χ3v) is 3.16. The first-order chi connectivity index (χ1) is 8.60. The van der Waals surface area contributed by atoms with Crippen LogP contribution in [0.2, 0.25) is 0 Å². The van der Waals surface area contributed by atoms with E-state index in [0.29, 0.717) is 18.0 Å². The first-order valence-corrected chi connectivity index (χ1v) is 5.88. The van der Waals surface area contributed by atoms with Crippen LogP contribution < -0.4 is 20.5 Å². The minimum Gasteiger partial charge on any atom is -0.493 e. The van der Waals surface area contributed by atoms with Gasteiger partial charge in [-0.05, 0) is 18.9 Å². The number of para-hydroxylation sites is 1. The van der Waals surface area contributed by atoms with E-state index in [1.165, 1.54) is 0 Å². The lowest BCUT2D eigenvalue weighted by molar-refractivity contribution is -0.123. The molecule has 0 atom stereocenters. The number of hydrogen-bond acceptors (Lipinski definition) is 4. The highest BCUT2D eigenvalue weighted by molar-refractivity contribution is 5.88. The molecule has 1 amide bonds. The summed E-state index contributed by atoms with van der Waals surface area (Å²) < 4.78 is 10.5. The zero-order chi connectivity index (χ0) is 13.2. The van der Waals surface area contributed by atoms with Gasteiger partial charge >= 0.3 is 0 Å². The van der Waals surface area contributed by atoms with Gasteiger partial charge in [0.15, 0.2) is 11.5 Å². The molecule has 2 rings (SSSR count). The normalized spacial score (nSPS) is 15.9. The van der Waals surface area contributed by atoms with Gasteiger partial charge in [-0.15, -0.1) is 0 Å². The van der Waals surface area contributed by atoms with Crippen LogP contribution in [0.3, 0.4) is 0 Å². The van der Waals surface area contributed by atoms with Gasteiger partial charge in [0.05, 0.1) is 19.8 Å². The number of methoxy groups -OCH3 is 2. The maximum absolute atomic E-state index is 11.7. The van der Waals surface area contributed by atoms with Crippen LogP contribution in [0.5, 0.6) is 11.5 Å². The number of carbonyl (C=O) groups is 1. The number of nitrogens with one attached hydrogen (secondary N) is 1. The van der Waals surface area contributed by atoms with E-state index in [9.17, 15) is 4.79 Å². The quantitative estimate of drug-likeness (QED) is 0.811. The molecular weight excluding hydrogens is 232 g/mol. The van der Waals surface area contributed by atoms with Crippen LogP contribution in [-0.2, 0) is 11.3 Å². The molecule has 1 aromatic carbocycles. The smallest absolute Gasteiger partial charge is 0.240 e. The highest BCUT2D eigenvalue weighted by atomic mass is 16.5. The van der Waals surface area contributed by atoms with Gasteiger partial charge in [-0.25, -0.2) is 0 Å². The molecule has 0 radical (unpaired) electrons. The molecule has 1 aromatic rings. The third-order valence-electron chi connectivity index (χ3n) is 3.16. The van der Waals surface area contributed by atoms with Gasteiger partial charge in [0.25, 0.3) is 0 Å². The fraction of sp³-hybridized carbons (Fsp3) is 0.462. The Labute approximate surface area is 106 Å². The van der Waals surface area contributed by atoms with E-state index in [1.54, 1.807) is 14.2 Å². The van der Waals surface area contributed by atoms with Gasteiger partial charge in [-0.3, -0.25) is 4.79 Å². The Bertz CT molecular complexity index is 456. The Morgan fingerprint density at radius 2 is 2.11 bits per heavy atom. The van der Waals surface area contributed by atoms with Gasteiger partial charge < -0.3 is 20.5 Å². The number of amides is 1. The van der Waals surface area contributed by atoms with Crippen molar-refractivity contribution in [2.24, 2.45) is 5.73 Å². The molecule has 1 saturated carbocycles. The predicted molar refractivity (Wildman–Crippen MR) is 67.5 cm³/mol. The van der Waals surface area contributed by atoms with Crippen LogP contribution in [0.25, 0.3) is 0 Å². The Morgan fingerprint density at radius 3 is 2.67 bits per heavy atom. The summed E-state index contributed by atoms with van der Waals surface area (Å²) in [5, 5.41) is 2.83. The van der Waals surface area contributed by atoms with Gasteiger partial charge in [0.2, 0.25) is 5.91 Å². The molecule has 0 spiro atoms. The number of ether oxygens (including phenoxy) is 2. The minimum absolute atomic E-state index is 0.104. The molecule has 0 aliphatic heterocycles. The lowest BCUT2D eigenvalue weighted by Gasteiger charge is -2.14. The Morgan fingerprint density at radius 1 is 1.39 bits per heavy atom. The van der Waals surface area contributed by atoms with E-state index in [2.05, 4.69) is 5.32 Å². The van der Waals surface area contributed by atoms with Crippen LogP contribution in [0, 0.1) is 0 Å². The molecule has 0 saturated heterocycles. The number of carbonyl (C=O) groups excluding carboxylic acids is 1. The van der Waals surface area contributed by atoms with Crippen molar-refractivity contribution in [2.45, 2.75) is 24.9 Å². The molecule has 0 heterocycles. The minimum atomic E-state index is -0.647. The zero-order valence-corrected chi connectivity index (χ0v) is 10.7. The lowest BCUT2D eigenvalue weighted by atomic mass is 10.1. The molecule has 1 aliphatic rings. The molecule has 0 aromatic heterocycles. The summed E-state index contributed by atoms with van der Waals surface area (Å²) in [5.41, 5.74) is 6.04. The first kappa shape index (κ1) is 12.7. The maximum Gasteiger partial charge on any atom is 0.240 e. The van der Waals surface area contributed by atoms with Gasteiger partial charge in [0.1, 0.15) is 0 Å². The second kappa shape index (κ2) is 4.86. The number of benzene rings is 1. The number of hydrogen-bond donors (Lipinski definition) is 2. The van der Waals surface area contributed by atoms with Crippen molar-refractivity contribution in [1.29, 1.82) is 0 Å². The molecule has 5 nitrogen and oxygen atoms in total. The summed E-state index contributed by atoms with van der Waals surface area (Å²) in [6.07, 6.45) is 1.52. The van der Waals surface area contributed by atoms with Crippen LogP contribution in [0.1, 0.15) is 18.4 Å². The Balaban J connectivity index is 2.07. The number of nitrogens with two attached hydrogens (primary N) is 1. The Kier molecular flexibility index (Phi) is 3.43. The maximum atomic E-state index is 11.7. The first-order valence-electron chi connectivity index (χ1n) is 5.88. The van der Waals surface area contributed by atoms with Gasteiger partial charge in [-0.2, -0.15) is 0 Å². The van der Waals surface area contributed by atoms with Crippen molar-refractivity contribution in [3.8, 4) is 11.5 Å². The van der Waals surface area contributed by atoms with Crippen LogP contribution in [-0.4, -0.2) is 25.7 Å². The van der Waals surface area contributed by atoms with Crippen LogP contribution in [0.15, 0.2) is 18.2 Å². The molecular formula is C13H18N2O3. The monoisotopic (exact) mass is 250 g/mol. The second-order valence-electron chi connectivity index (χ2n) is 4.49. The zero-order valence-electron chi connectivity index (χ0n) is 10.7. The summed E-state index contributed by atoms with van der Waals surface area (Å²) in [5.74, 6) is 1.19. The largest absolute Gasteiger partial charge is 0.493 e. The standard InChI is InChI=1S/C13H18N2O3/c1-17-10-5-3-4-9(11(10)18-2)8-15-12(16)13(14)6-7-13/h3-5H,6-8,14H2,1-2H3,(H,15,16). The van der Waals surface area contributed by atoms with Crippen molar-refractivity contribution in [2.75, 3.05) is 14.2 Å². The third kappa shape index (κ3) is 2.41. The molecule has 98 valence electrons. The van der Waals surface area contributed by atoms with E-state index in [-0.39, 0.29) is 5.91 Å². The fourth-order valence-corrected chi connectivity index (χ4v) is 1.81. The highest BCUT2D eigenvalue weighted by Crippen LogP contribution is 2.33. The van der Waals surface area contributed by atoms with Crippen LogP contribution in [0.4, 0.5) is 0 Å². The highest BCUT2D eigenvalue weighted by Gasteiger charge is 2.45. The fourth-order valence-electron chi connectivity index (χ4n) is 1.81. The summed E-state index contributed by atoms with van der Waals surface area (Å²) in [7, 11) is 3.16. The molecule has 5 heteroatoms. The van der Waals surface area contributed by atoms with Crippen LogP contribution >= 0.6 is 0 Å². The lowest BCUT2D eigenvalue weighted by Crippen LogP contribution is -2.42. The van der Waals surface area contributed by atoms with Crippen molar-refractivity contribution in [3.63, 3.8) is 0 Å². The van der Waals surface area contributed by atoms with E-state index in [1.807, 2.05) is 18.2 Å². The van der Waals surface area contributed by atoms with Crippen molar-refractivity contribution < 1.29 is 14.3 Å². The average Bonchev–Trinajstić information content (AvgIpc) is 3.14. The second-order valence-corrected chi connectivity index (χ2v) is 4.49. The molecule has 1 aliphatic carbocycles. The Hall–Kier alpha value is -1.75. The predicted octanol–water partition coefficient (Wildman–Crippen LogP) is 0.811. The summed E-state index contributed by atoms with van der Waals surface area (Å²) in [4.78, 5) is 11.7. The summed E-state index contributed by atoms with van der Waals surface area (Å²) in [6, 6.07) is 5.56. The topological polar surface area (TPSA) is 73.6 Å². The molecule has 18 heavy (non-hydrogen) atoms. The molecule has 3 N–H and O–H groups in total. The van der Waals surface area contributed by atoms with Gasteiger partial charge in [-0.1, -0.05) is 12.1 Å². The summed E-state index contributed by atoms with van der Waals surface area (Å²) in [6.45, 7) is 0.387. The molecule has 1 fully saturated rings. The molecule has 0 bridgehead atoms. The van der Waals surface area contributed by atoms with Gasteiger partial charge in [0, 0.05) is 12.1 Å². The average molecular weight is 250 g/mol. The van der Waals surface area contributed by atoms with E-state index >= 15 is 0 Å². The molecule has 0 unspecified atom stereocenters. The van der Waals surface area contributed by atoms with Crippen molar-refractivity contribution in [1.82, 2.24) is 5.32 Å². The van der Waals surface area contributed by atoms with E-state index < -0.39 is 5.54 Å². The summed E-state index contributed by atoms with van der Waals surface area (Å²) >= 11 is 0.